The molecule has 1 N–H and O–H groups in total. The number of nitrogens with one attached hydrogen (secondary N) is 1. The molecule has 2 heterocycles. The van der Waals surface area contributed by atoms with Gasteiger partial charge >= 0.3 is 0 Å². The molecule has 0 amide bonds. The molecule has 16 heavy (non-hydrogen) atoms. The maximum atomic E-state index is 8.98. The Morgan fingerprint density at radius 1 is 1.19 bits per heavy atom. The van der Waals surface area contributed by atoms with Crippen LogP contribution in [0.5, 0.6) is 11.5 Å². The summed E-state index contributed by atoms with van der Waals surface area (Å²) in [5.41, 5.74) is 2.32. The van der Waals surface area contributed by atoms with Crippen LogP contribution in [0.1, 0.15) is 5.56 Å². The van der Waals surface area contributed by atoms with Crippen LogP contribution in [0.25, 0.3) is 11.1 Å². The van der Waals surface area contributed by atoms with E-state index in [0.717, 1.165) is 16.9 Å². The first-order valence-corrected chi connectivity index (χ1v) is 4.86. The Balaban J connectivity index is 2.22. The van der Waals surface area contributed by atoms with Gasteiger partial charge in [0.1, 0.15) is 6.07 Å². The molecule has 4 nitrogen and oxygen atoms in total. The first-order valence-electron chi connectivity index (χ1n) is 4.86. The smallest absolute Gasteiger partial charge is 0.231 e. The summed E-state index contributed by atoms with van der Waals surface area (Å²) < 4.78 is 10.7. The number of nitrogens with zero attached hydrogens (tertiary/aromatic N) is 1. The van der Waals surface area contributed by atoms with Gasteiger partial charge in [-0.3, -0.25) is 0 Å². The number of hydrogen-bond acceptors (Lipinski definition) is 3. The van der Waals surface area contributed by atoms with Crippen molar-refractivity contribution in [2.75, 3.05) is 6.79 Å². The molecule has 0 bridgehead atoms. The number of aromatic nitrogens is 1. The minimum atomic E-state index is 0.235. The molecule has 0 radical (unpaired) electrons. The van der Waals surface area contributed by atoms with Crippen molar-refractivity contribution in [3.63, 3.8) is 0 Å². The molecule has 1 aromatic heterocycles. The molecular formula is C12H8N2O2. The summed E-state index contributed by atoms with van der Waals surface area (Å²) in [4.78, 5) is 2.92. The molecule has 0 saturated carbocycles. The number of benzene rings is 1. The zero-order chi connectivity index (χ0) is 11.0. The van der Waals surface area contributed by atoms with E-state index in [2.05, 4.69) is 11.1 Å². The first-order chi connectivity index (χ1) is 7.90. The number of hydrogen-bond donors (Lipinski definition) is 1. The van der Waals surface area contributed by atoms with Crippen molar-refractivity contribution in [1.29, 1.82) is 5.26 Å². The van der Waals surface area contributed by atoms with E-state index in [1.807, 2.05) is 18.2 Å². The molecule has 0 fully saturated rings. The number of rotatable bonds is 1. The second-order valence-electron chi connectivity index (χ2n) is 3.43. The van der Waals surface area contributed by atoms with Gasteiger partial charge in [-0.25, -0.2) is 0 Å². The summed E-state index contributed by atoms with van der Waals surface area (Å²) in [6, 6.07) is 7.79. The van der Waals surface area contributed by atoms with E-state index >= 15 is 0 Å². The van der Waals surface area contributed by atoms with Gasteiger partial charge in [0.2, 0.25) is 6.79 Å². The van der Waals surface area contributed by atoms with Crippen molar-refractivity contribution < 1.29 is 9.47 Å². The second-order valence-corrected chi connectivity index (χ2v) is 3.43. The maximum Gasteiger partial charge on any atom is 0.231 e. The van der Waals surface area contributed by atoms with Crippen LogP contribution in [0.2, 0.25) is 0 Å². The van der Waals surface area contributed by atoms with E-state index in [-0.39, 0.29) is 6.79 Å². The Bertz CT molecular complexity index is 581. The summed E-state index contributed by atoms with van der Waals surface area (Å²) in [5.74, 6) is 1.43. The van der Waals surface area contributed by atoms with Crippen molar-refractivity contribution in [2.24, 2.45) is 0 Å². The summed E-state index contributed by atoms with van der Waals surface area (Å²) in [7, 11) is 0. The Morgan fingerprint density at radius 2 is 2.12 bits per heavy atom. The lowest BCUT2D eigenvalue weighted by Crippen LogP contribution is -1.93. The van der Waals surface area contributed by atoms with Gasteiger partial charge in [0.25, 0.3) is 0 Å². The topological polar surface area (TPSA) is 58.0 Å². The average Bonchev–Trinajstić information content (AvgIpc) is 2.96. The second kappa shape index (κ2) is 3.31. The van der Waals surface area contributed by atoms with Gasteiger partial charge in [0.05, 0.1) is 5.56 Å². The van der Waals surface area contributed by atoms with E-state index in [0.29, 0.717) is 11.3 Å². The SMILES string of the molecule is N#Cc1c[nH]cc1-c1cccc2c1OCO2. The lowest BCUT2D eigenvalue weighted by atomic mass is 10.0. The van der Waals surface area contributed by atoms with Crippen molar-refractivity contribution in [3.05, 3.63) is 36.2 Å². The van der Waals surface area contributed by atoms with Crippen LogP contribution in [0.15, 0.2) is 30.6 Å². The van der Waals surface area contributed by atoms with Gasteiger partial charge < -0.3 is 14.5 Å². The fourth-order valence-electron chi connectivity index (χ4n) is 1.82. The molecule has 1 aliphatic rings. The van der Waals surface area contributed by atoms with Crippen molar-refractivity contribution in [3.8, 4) is 28.7 Å². The van der Waals surface area contributed by atoms with Crippen LogP contribution >= 0.6 is 0 Å². The average molecular weight is 212 g/mol. The van der Waals surface area contributed by atoms with E-state index in [1.165, 1.54) is 0 Å². The molecule has 2 aromatic rings. The normalized spacial score (nSPS) is 12.4. The first kappa shape index (κ1) is 8.86. The molecule has 0 unspecified atom stereocenters. The molecule has 0 aliphatic carbocycles. The minimum absolute atomic E-state index is 0.235. The number of H-pyrrole nitrogens is 1. The van der Waals surface area contributed by atoms with Crippen molar-refractivity contribution >= 4 is 0 Å². The standard InChI is InChI=1S/C12H8N2O2/c13-4-8-5-14-6-10(8)9-2-1-3-11-12(9)16-7-15-11/h1-3,5-6,14H,7H2. The van der Waals surface area contributed by atoms with E-state index < -0.39 is 0 Å². The molecule has 0 atom stereocenters. The number of aromatic amines is 1. The largest absolute Gasteiger partial charge is 0.454 e. The summed E-state index contributed by atoms with van der Waals surface area (Å²) >= 11 is 0. The van der Waals surface area contributed by atoms with E-state index in [1.54, 1.807) is 12.4 Å². The summed E-state index contributed by atoms with van der Waals surface area (Å²) in [5, 5.41) is 8.98. The Hall–Kier alpha value is -2.41. The predicted molar refractivity (Wildman–Crippen MR) is 57.1 cm³/mol. The fourth-order valence-corrected chi connectivity index (χ4v) is 1.82. The van der Waals surface area contributed by atoms with Crippen LogP contribution in [0, 0.1) is 11.3 Å². The molecule has 0 saturated heterocycles. The van der Waals surface area contributed by atoms with Gasteiger partial charge in [-0.05, 0) is 6.07 Å². The lowest BCUT2D eigenvalue weighted by molar-refractivity contribution is 0.174. The highest BCUT2D eigenvalue weighted by Gasteiger charge is 2.20. The Kier molecular flexibility index (Phi) is 1.84. The van der Waals surface area contributed by atoms with Crippen LogP contribution in [-0.4, -0.2) is 11.8 Å². The Labute approximate surface area is 92.0 Å². The number of fused-ring (bicyclic) bond motifs is 1. The third-order valence-corrected chi connectivity index (χ3v) is 2.55. The summed E-state index contributed by atoms with van der Waals surface area (Å²) in [6.45, 7) is 0.235. The van der Waals surface area contributed by atoms with Gasteiger partial charge in [-0.2, -0.15) is 5.26 Å². The lowest BCUT2D eigenvalue weighted by Gasteiger charge is -2.03. The monoisotopic (exact) mass is 212 g/mol. The molecular weight excluding hydrogens is 204 g/mol. The molecule has 4 heteroatoms. The van der Waals surface area contributed by atoms with Crippen molar-refractivity contribution in [1.82, 2.24) is 4.98 Å². The fraction of sp³-hybridized carbons (Fsp3) is 0.0833. The molecule has 1 aliphatic heterocycles. The van der Waals surface area contributed by atoms with Crippen LogP contribution in [0.4, 0.5) is 0 Å². The predicted octanol–water partition coefficient (Wildman–Crippen LogP) is 2.28. The molecule has 78 valence electrons. The zero-order valence-corrected chi connectivity index (χ0v) is 8.36. The highest BCUT2D eigenvalue weighted by atomic mass is 16.7. The third-order valence-electron chi connectivity index (χ3n) is 2.55. The van der Waals surface area contributed by atoms with Gasteiger partial charge in [0, 0.05) is 23.5 Å². The number of ether oxygens (including phenoxy) is 2. The molecule has 3 rings (SSSR count). The van der Waals surface area contributed by atoms with Gasteiger partial charge in [0.15, 0.2) is 11.5 Å². The third kappa shape index (κ3) is 1.15. The minimum Gasteiger partial charge on any atom is -0.454 e. The van der Waals surface area contributed by atoms with Gasteiger partial charge in [-0.1, -0.05) is 12.1 Å². The van der Waals surface area contributed by atoms with Crippen LogP contribution in [0.3, 0.4) is 0 Å². The van der Waals surface area contributed by atoms with E-state index in [4.69, 9.17) is 14.7 Å². The highest BCUT2D eigenvalue weighted by molar-refractivity contribution is 5.78. The number of para-hydroxylation sites is 1. The van der Waals surface area contributed by atoms with Crippen molar-refractivity contribution in [2.45, 2.75) is 0 Å². The quantitative estimate of drug-likeness (QED) is 0.788. The van der Waals surface area contributed by atoms with Gasteiger partial charge in [-0.15, -0.1) is 0 Å². The van der Waals surface area contributed by atoms with E-state index in [9.17, 15) is 0 Å². The number of nitriles is 1. The molecule has 0 spiro atoms. The summed E-state index contributed by atoms with van der Waals surface area (Å²) in [6.07, 6.45) is 3.46. The van der Waals surface area contributed by atoms with Crippen LogP contribution in [-0.2, 0) is 0 Å². The Morgan fingerprint density at radius 3 is 3.00 bits per heavy atom. The molecule has 1 aromatic carbocycles. The van der Waals surface area contributed by atoms with Crippen LogP contribution < -0.4 is 9.47 Å². The highest BCUT2D eigenvalue weighted by Crippen LogP contribution is 2.41. The zero-order valence-electron chi connectivity index (χ0n) is 8.36. The maximum absolute atomic E-state index is 8.98.